The van der Waals surface area contributed by atoms with Crippen LogP contribution in [0.5, 0.6) is 0 Å². The molecule has 2 aromatic heterocycles. The minimum absolute atomic E-state index is 1.14. The van der Waals surface area contributed by atoms with Gasteiger partial charge in [0.1, 0.15) is 0 Å². The lowest BCUT2D eigenvalue weighted by molar-refractivity contribution is 1.18. The molecule has 23 aromatic rings. The Balaban J connectivity index is 0.000000112. The average molecular weight is 1730 g/mol. The van der Waals surface area contributed by atoms with Crippen LogP contribution >= 0.6 is 0 Å². The third kappa shape index (κ3) is 18.9. The molecule has 0 aliphatic carbocycles. The largest absolute Gasteiger partial charge is 0.311 e. The molecule has 0 N–H and O–H groups in total. The third-order valence-electron chi connectivity index (χ3n) is 25.3. The van der Waals surface area contributed by atoms with Gasteiger partial charge in [-0.25, -0.2) is 0 Å². The van der Waals surface area contributed by atoms with Crippen LogP contribution in [0.25, 0.3) is 133 Å². The van der Waals surface area contributed by atoms with Crippen molar-refractivity contribution in [1.82, 2.24) is 9.13 Å². The van der Waals surface area contributed by atoms with Crippen LogP contribution in [-0.2, 0) is 0 Å². The molecule has 0 aliphatic heterocycles. The van der Waals surface area contributed by atoms with Gasteiger partial charge in [0.2, 0.25) is 0 Å². The topological polar surface area (TPSA) is 19.6 Å². The van der Waals surface area contributed by atoms with E-state index in [4.69, 9.17) is 0 Å². The van der Waals surface area contributed by atoms with E-state index in [0.29, 0.717) is 0 Å². The molecule has 0 saturated carbocycles. The molecule has 0 saturated heterocycles. The second-order valence-corrected chi connectivity index (χ2v) is 34.2. The van der Waals surface area contributed by atoms with Crippen molar-refractivity contribution in [2.24, 2.45) is 0 Å². The number of aryl methyl sites for hydroxylation is 4. The zero-order chi connectivity index (χ0) is 91.2. The molecule has 23 rings (SSSR count). The number of rotatable bonds is 18. The minimum atomic E-state index is 1.14. The summed E-state index contributed by atoms with van der Waals surface area (Å²) >= 11 is 0. The Labute approximate surface area is 792 Å². The molecule has 0 aliphatic rings. The van der Waals surface area contributed by atoms with Crippen LogP contribution in [0.2, 0.25) is 0 Å². The molecule has 135 heavy (non-hydrogen) atoms. The summed E-state index contributed by atoms with van der Waals surface area (Å²) in [5, 5.41) is 5.15. The lowest BCUT2D eigenvalue weighted by Gasteiger charge is -2.27. The highest BCUT2D eigenvalue weighted by molar-refractivity contribution is 6.14. The lowest BCUT2D eigenvalue weighted by atomic mass is 9.99. The summed E-state index contributed by atoms with van der Waals surface area (Å²) in [5.41, 5.74) is 39.9. The van der Waals surface area contributed by atoms with E-state index >= 15 is 0 Å². The molecule has 0 bridgehead atoms. The van der Waals surface area contributed by atoms with Crippen molar-refractivity contribution in [3.05, 3.63) is 562 Å². The van der Waals surface area contributed by atoms with Gasteiger partial charge in [0.25, 0.3) is 0 Å². The van der Waals surface area contributed by atoms with Crippen molar-refractivity contribution in [3.63, 3.8) is 0 Å². The van der Waals surface area contributed by atoms with E-state index < -0.39 is 0 Å². The number of nitrogens with zero attached hydrogens (tertiary/aromatic N) is 5. The predicted octanol–water partition coefficient (Wildman–Crippen LogP) is 36.3. The standard InChI is InChI=1S/C37H26N2.3C31H25N/c1-25-11-10-18-36-37(25)32-24-27(20-22-35(32)39(36)29-14-6-3-7-15-29)26-19-21-34-31(23-26)30-16-8-9-17-33(30)38(34)28-12-4-2-5-13-28;1-24-10-8-9-15-31(24)32(29-20-16-27(17-21-29)25-11-4-2-5-12-25)30-22-18-28(19-23-30)26-13-6-3-7-14-26;1-24-9-8-14-31(23-24)32(29-19-15-27(16-20-29)25-10-4-2-5-11-25)30-21-17-28(18-22-30)26-12-6-3-7-13-26;1-24-12-18-29(19-13-24)32(30-20-14-27(15-21-30)25-8-4-2-5-9-25)31-22-16-28(17-23-31)26-10-6-3-7-11-26/h2-24H,1H3;3*2-23H,1H3. The maximum absolute atomic E-state index is 2.39. The first kappa shape index (κ1) is 85.7. The molecule has 2 heterocycles. The second kappa shape index (κ2) is 39.9. The molecule has 0 fully saturated rings. The van der Waals surface area contributed by atoms with Crippen molar-refractivity contribution in [2.45, 2.75) is 27.7 Å². The van der Waals surface area contributed by atoms with Gasteiger partial charge in [0.05, 0.1) is 22.1 Å². The minimum Gasteiger partial charge on any atom is -0.311 e. The van der Waals surface area contributed by atoms with E-state index in [9.17, 15) is 0 Å². The molecule has 5 nitrogen and oxygen atoms in total. The van der Waals surface area contributed by atoms with Crippen molar-refractivity contribution in [1.29, 1.82) is 0 Å². The zero-order valence-corrected chi connectivity index (χ0v) is 76.1. The molecular formula is C130H101N5. The van der Waals surface area contributed by atoms with E-state index in [1.54, 1.807) is 0 Å². The van der Waals surface area contributed by atoms with Gasteiger partial charge in [-0.2, -0.15) is 0 Å². The highest BCUT2D eigenvalue weighted by atomic mass is 15.2. The van der Waals surface area contributed by atoms with Crippen molar-refractivity contribution in [3.8, 4) is 89.3 Å². The Bertz CT molecular complexity index is 7640. The summed E-state index contributed by atoms with van der Waals surface area (Å²) in [7, 11) is 0. The highest BCUT2D eigenvalue weighted by Gasteiger charge is 2.22. The summed E-state index contributed by atoms with van der Waals surface area (Å²) < 4.78 is 4.76. The molecule has 0 spiro atoms. The molecule has 646 valence electrons. The smallest absolute Gasteiger partial charge is 0.0543 e. The summed E-state index contributed by atoms with van der Waals surface area (Å²) in [6, 6.07) is 192. The monoisotopic (exact) mass is 1730 g/mol. The fourth-order valence-corrected chi connectivity index (χ4v) is 18.5. The van der Waals surface area contributed by atoms with Gasteiger partial charge in [-0.15, -0.1) is 0 Å². The SMILES string of the molecule is Cc1ccc(N(c2ccc(-c3ccccc3)cc2)c2ccc(-c3ccccc3)cc2)cc1.Cc1cccc(N(c2ccc(-c3ccccc3)cc2)c2ccc(-c3ccccc3)cc2)c1.Cc1cccc2c1c1cc(-c3ccc4c(c3)c3ccccc3n4-c3ccccc3)ccc1n2-c1ccccc1.Cc1ccccc1N(c1ccc(-c2ccccc2)cc1)c1ccc(-c2ccccc2)cc1. The van der Waals surface area contributed by atoms with E-state index in [1.807, 2.05) is 0 Å². The molecule has 0 amide bonds. The summed E-state index contributed by atoms with van der Waals surface area (Å²) in [6.45, 7) is 8.64. The van der Waals surface area contributed by atoms with Crippen LogP contribution in [0, 0.1) is 27.7 Å². The fourth-order valence-electron chi connectivity index (χ4n) is 18.5. The van der Waals surface area contributed by atoms with Gasteiger partial charge in [-0.05, 0) is 286 Å². The molecule has 21 aromatic carbocycles. The number of aromatic nitrogens is 2. The summed E-state index contributed by atoms with van der Waals surface area (Å²) in [5.74, 6) is 0. The maximum atomic E-state index is 2.39. The van der Waals surface area contributed by atoms with Gasteiger partial charge >= 0.3 is 0 Å². The number of para-hydroxylation sites is 4. The van der Waals surface area contributed by atoms with Crippen molar-refractivity contribution in [2.75, 3.05) is 14.7 Å². The third-order valence-corrected chi connectivity index (χ3v) is 25.3. The fraction of sp³-hybridized carbons (Fsp3) is 0.0308. The van der Waals surface area contributed by atoms with Crippen LogP contribution in [0.4, 0.5) is 51.2 Å². The molecule has 0 unspecified atom stereocenters. The number of hydrogen-bond acceptors (Lipinski definition) is 3. The number of anilines is 9. The van der Waals surface area contributed by atoms with Gasteiger partial charge in [-0.3, -0.25) is 0 Å². The van der Waals surface area contributed by atoms with E-state index in [-0.39, 0.29) is 0 Å². The quantitative estimate of drug-likeness (QED) is 0.0854. The van der Waals surface area contributed by atoms with Crippen molar-refractivity contribution >= 4 is 94.8 Å². The first-order valence-corrected chi connectivity index (χ1v) is 46.3. The molecule has 0 atom stereocenters. The second-order valence-electron chi connectivity index (χ2n) is 34.2. The Hall–Kier alpha value is -17.4. The first-order valence-electron chi connectivity index (χ1n) is 46.3. The van der Waals surface area contributed by atoms with Gasteiger partial charge in [0.15, 0.2) is 0 Å². The number of hydrogen-bond donors (Lipinski definition) is 0. The number of benzene rings is 21. The van der Waals surface area contributed by atoms with Crippen LogP contribution < -0.4 is 14.7 Å². The normalized spacial score (nSPS) is 11.0. The average Bonchev–Trinajstić information content (AvgIpc) is 1.58. The van der Waals surface area contributed by atoms with Gasteiger partial charge in [0, 0.05) is 84.1 Å². The summed E-state index contributed by atoms with van der Waals surface area (Å²) in [4.78, 5) is 6.96. The lowest BCUT2D eigenvalue weighted by Crippen LogP contribution is -2.11. The summed E-state index contributed by atoms with van der Waals surface area (Å²) in [6.07, 6.45) is 0. The van der Waals surface area contributed by atoms with Gasteiger partial charge in [-0.1, -0.05) is 382 Å². The van der Waals surface area contributed by atoms with Crippen molar-refractivity contribution < 1.29 is 0 Å². The number of fused-ring (bicyclic) bond motifs is 6. The Kier molecular flexibility index (Phi) is 25.3. The molecular weight excluding hydrogens is 1630 g/mol. The predicted molar refractivity (Wildman–Crippen MR) is 575 cm³/mol. The molecule has 0 radical (unpaired) electrons. The Morgan fingerprint density at radius 3 is 0.793 bits per heavy atom. The van der Waals surface area contributed by atoms with Crippen LogP contribution in [0.1, 0.15) is 22.3 Å². The maximum Gasteiger partial charge on any atom is 0.0543 e. The Morgan fingerprint density at radius 1 is 0.148 bits per heavy atom. The van der Waals surface area contributed by atoms with E-state index in [1.165, 1.54) is 161 Å². The Morgan fingerprint density at radius 2 is 0.415 bits per heavy atom. The van der Waals surface area contributed by atoms with Gasteiger partial charge < -0.3 is 23.8 Å². The highest BCUT2D eigenvalue weighted by Crippen LogP contribution is 2.45. The zero-order valence-electron chi connectivity index (χ0n) is 76.1. The van der Waals surface area contributed by atoms with Crippen LogP contribution in [-0.4, -0.2) is 9.13 Å². The first-order chi connectivity index (χ1) is 66.6. The van der Waals surface area contributed by atoms with E-state index in [0.717, 1.165) is 45.5 Å². The van der Waals surface area contributed by atoms with Crippen LogP contribution in [0.3, 0.4) is 0 Å². The van der Waals surface area contributed by atoms with Crippen LogP contribution in [0.15, 0.2) is 540 Å². The molecule has 5 heteroatoms. The van der Waals surface area contributed by atoms with E-state index in [2.05, 4.69) is 591 Å².